The Morgan fingerprint density at radius 1 is 0.852 bits per heavy atom. The van der Waals surface area contributed by atoms with Gasteiger partial charge in [-0.1, -0.05) is 54.6 Å². The first kappa shape index (κ1) is 15.9. The molecule has 2 heterocycles. The summed E-state index contributed by atoms with van der Waals surface area (Å²) in [6.45, 7) is 0.949. The number of aromatic nitrogens is 2. The molecule has 1 aromatic heterocycles. The molecule has 0 radical (unpaired) electrons. The number of methoxy groups -OCH3 is 1. The zero-order valence-electron chi connectivity index (χ0n) is 15.2. The van der Waals surface area contributed by atoms with Crippen LogP contribution in [0.5, 0.6) is 5.75 Å². The van der Waals surface area contributed by atoms with Gasteiger partial charge in [-0.2, -0.15) is 0 Å². The molecule has 0 unspecified atom stereocenters. The van der Waals surface area contributed by atoms with E-state index in [-0.39, 0.29) is 0 Å². The van der Waals surface area contributed by atoms with E-state index in [1.165, 1.54) is 22.3 Å². The zero-order chi connectivity index (χ0) is 18.2. The summed E-state index contributed by atoms with van der Waals surface area (Å²) in [6, 6.07) is 25.4. The highest BCUT2D eigenvalue weighted by Gasteiger charge is 2.19. The van der Waals surface area contributed by atoms with Crippen LogP contribution in [0.4, 0.5) is 0 Å². The molecule has 3 aromatic carbocycles. The molecule has 1 aliphatic heterocycles. The fourth-order valence-electron chi connectivity index (χ4n) is 3.77. The van der Waals surface area contributed by atoms with Crippen molar-refractivity contribution in [2.24, 2.45) is 0 Å². The number of imidazole rings is 1. The fourth-order valence-corrected chi connectivity index (χ4v) is 3.77. The molecule has 3 heteroatoms. The van der Waals surface area contributed by atoms with Gasteiger partial charge in [-0.05, 0) is 41.3 Å². The number of aryl methyl sites for hydroxylation is 2. The van der Waals surface area contributed by atoms with Gasteiger partial charge in [-0.15, -0.1) is 0 Å². The van der Waals surface area contributed by atoms with Gasteiger partial charge in [0, 0.05) is 23.9 Å². The van der Waals surface area contributed by atoms with Gasteiger partial charge < -0.3 is 9.30 Å². The first-order valence-electron chi connectivity index (χ1n) is 9.22. The lowest BCUT2D eigenvalue weighted by atomic mass is 10.0. The van der Waals surface area contributed by atoms with Gasteiger partial charge in [0.05, 0.1) is 12.8 Å². The Kier molecular flexibility index (Phi) is 3.79. The third-order valence-electron chi connectivity index (χ3n) is 5.24. The Morgan fingerprint density at radius 2 is 1.59 bits per heavy atom. The monoisotopic (exact) mass is 352 g/mol. The van der Waals surface area contributed by atoms with Crippen molar-refractivity contribution in [3.05, 3.63) is 84.6 Å². The van der Waals surface area contributed by atoms with Crippen molar-refractivity contribution in [1.29, 1.82) is 0 Å². The van der Waals surface area contributed by atoms with E-state index in [9.17, 15) is 0 Å². The lowest BCUT2D eigenvalue weighted by Gasteiger charge is -2.18. The van der Waals surface area contributed by atoms with Crippen LogP contribution in [-0.4, -0.2) is 16.7 Å². The topological polar surface area (TPSA) is 27.1 Å². The molecular weight excluding hydrogens is 332 g/mol. The summed E-state index contributed by atoms with van der Waals surface area (Å²) < 4.78 is 7.62. The van der Waals surface area contributed by atoms with Gasteiger partial charge >= 0.3 is 0 Å². The van der Waals surface area contributed by atoms with E-state index in [1.807, 2.05) is 12.1 Å². The zero-order valence-corrected chi connectivity index (χ0v) is 15.2. The predicted octanol–water partition coefficient (Wildman–Crippen LogP) is 5.45. The molecule has 132 valence electrons. The number of hydrogen-bond donors (Lipinski definition) is 0. The van der Waals surface area contributed by atoms with Crippen LogP contribution in [-0.2, 0) is 13.0 Å². The van der Waals surface area contributed by atoms with Crippen molar-refractivity contribution < 1.29 is 4.74 Å². The van der Waals surface area contributed by atoms with E-state index in [0.29, 0.717) is 0 Å². The molecule has 0 fully saturated rings. The maximum absolute atomic E-state index is 5.36. The second-order valence-electron chi connectivity index (χ2n) is 6.86. The van der Waals surface area contributed by atoms with Crippen molar-refractivity contribution >= 4 is 0 Å². The SMILES string of the molecule is COc1ccc2c(c1)CCn1cc(-c3ccc(-c4ccccc4)cc3)nc1-2. The van der Waals surface area contributed by atoms with Crippen molar-refractivity contribution in [2.45, 2.75) is 13.0 Å². The average molecular weight is 352 g/mol. The minimum atomic E-state index is 0.908. The highest BCUT2D eigenvalue weighted by molar-refractivity contribution is 5.72. The molecule has 0 atom stereocenters. The largest absolute Gasteiger partial charge is 0.497 e. The van der Waals surface area contributed by atoms with Crippen LogP contribution >= 0.6 is 0 Å². The first-order chi connectivity index (χ1) is 13.3. The van der Waals surface area contributed by atoms with Crippen LogP contribution in [0.1, 0.15) is 5.56 Å². The number of rotatable bonds is 3. The summed E-state index contributed by atoms with van der Waals surface area (Å²) in [6.07, 6.45) is 3.17. The van der Waals surface area contributed by atoms with Gasteiger partial charge in [-0.25, -0.2) is 4.98 Å². The van der Waals surface area contributed by atoms with Crippen molar-refractivity contribution in [3.8, 4) is 39.5 Å². The molecule has 0 saturated heterocycles. The summed E-state index contributed by atoms with van der Waals surface area (Å²) in [5.74, 6) is 1.95. The molecule has 0 aliphatic carbocycles. The molecule has 4 aromatic rings. The summed E-state index contributed by atoms with van der Waals surface area (Å²) in [4.78, 5) is 4.94. The standard InChI is InChI=1S/C24H20N2O/c1-27-21-11-12-22-20(15-21)13-14-26-16-23(25-24(22)26)19-9-7-18(8-10-19)17-5-3-2-4-6-17/h2-12,15-16H,13-14H2,1H3. The first-order valence-corrected chi connectivity index (χ1v) is 9.22. The Hall–Kier alpha value is -3.33. The van der Waals surface area contributed by atoms with Gasteiger partial charge in [-0.3, -0.25) is 0 Å². The molecule has 0 spiro atoms. The van der Waals surface area contributed by atoms with Crippen molar-refractivity contribution in [2.75, 3.05) is 7.11 Å². The second-order valence-corrected chi connectivity index (χ2v) is 6.86. The van der Waals surface area contributed by atoms with Crippen LogP contribution < -0.4 is 4.74 Å². The lowest BCUT2D eigenvalue weighted by molar-refractivity contribution is 0.414. The third kappa shape index (κ3) is 2.81. The Balaban J connectivity index is 1.50. The van der Waals surface area contributed by atoms with Crippen LogP contribution in [0.15, 0.2) is 79.0 Å². The van der Waals surface area contributed by atoms with E-state index in [1.54, 1.807) is 7.11 Å². The minimum absolute atomic E-state index is 0.908. The van der Waals surface area contributed by atoms with Crippen molar-refractivity contribution in [1.82, 2.24) is 9.55 Å². The van der Waals surface area contributed by atoms with Crippen LogP contribution in [0.3, 0.4) is 0 Å². The normalized spacial score (nSPS) is 12.3. The number of benzene rings is 3. The molecule has 0 bridgehead atoms. The van der Waals surface area contributed by atoms with E-state index in [2.05, 4.69) is 71.4 Å². The van der Waals surface area contributed by atoms with Crippen molar-refractivity contribution in [3.63, 3.8) is 0 Å². The quantitative estimate of drug-likeness (QED) is 0.490. The third-order valence-corrected chi connectivity index (χ3v) is 5.24. The number of fused-ring (bicyclic) bond motifs is 3. The summed E-state index contributed by atoms with van der Waals surface area (Å²) in [5.41, 5.74) is 7.13. The molecule has 3 nitrogen and oxygen atoms in total. The van der Waals surface area contributed by atoms with Gasteiger partial charge in [0.25, 0.3) is 0 Å². The summed E-state index contributed by atoms with van der Waals surface area (Å²) in [5, 5.41) is 0. The van der Waals surface area contributed by atoms with Crippen LogP contribution in [0, 0.1) is 0 Å². The average Bonchev–Trinajstić information content (AvgIpc) is 3.19. The minimum Gasteiger partial charge on any atom is -0.497 e. The van der Waals surface area contributed by atoms with E-state index < -0.39 is 0 Å². The highest BCUT2D eigenvalue weighted by atomic mass is 16.5. The number of ether oxygens (including phenoxy) is 1. The van der Waals surface area contributed by atoms with Gasteiger partial charge in [0.1, 0.15) is 11.6 Å². The summed E-state index contributed by atoms with van der Waals surface area (Å²) in [7, 11) is 1.71. The predicted molar refractivity (Wildman–Crippen MR) is 109 cm³/mol. The van der Waals surface area contributed by atoms with Gasteiger partial charge in [0.15, 0.2) is 0 Å². The smallest absolute Gasteiger partial charge is 0.140 e. The molecule has 0 N–H and O–H groups in total. The van der Waals surface area contributed by atoms with Crippen LogP contribution in [0.25, 0.3) is 33.8 Å². The Bertz CT molecular complexity index is 1100. The van der Waals surface area contributed by atoms with Crippen LogP contribution in [0.2, 0.25) is 0 Å². The molecule has 27 heavy (non-hydrogen) atoms. The highest BCUT2D eigenvalue weighted by Crippen LogP contribution is 2.34. The second kappa shape index (κ2) is 6.44. The lowest BCUT2D eigenvalue weighted by Crippen LogP contribution is -2.10. The molecule has 1 aliphatic rings. The maximum atomic E-state index is 5.36. The summed E-state index contributed by atoms with van der Waals surface area (Å²) >= 11 is 0. The fraction of sp³-hybridized carbons (Fsp3) is 0.125. The van der Waals surface area contributed by atoms with E-state index in [0.717, 1.165) is 35.8 Å². The van der Waals surface area contributed by atoms with E-state index >= 15 is 0 Å². The van der Waals surface area contributed by atoms with E-state index in [4.69, 9.17) is 9.72 Å². The molecule has 0 saturated carbocycles. The molecular formula is C24H20N2O. The Labute approximate surface area is 158 Å². The molecule has 5 rings (SSSR count). The number of hydrogen-bond acceptors (Lipinski definition) is 2. The van der Waals surface area contributed by atoms with Gasteiger partial charge in [0.2, 0.25) is 0 Å². The Morgan fingerprint density at radius 3 is 2.37 bits per heavy atom. The molecule has 0 amide bonds. The number of nitrogens with zero attached hydrogens (tertiary/aromatic N) is 2. The maximum Gasteiger partial charge on any atom is 0.140 e.